The molecule has 0 aliphatic rings. The van der Waals surface area contributed by atoms with Crippen LogP contribution in [0.3, 0.4) is 0 Å². The molecule has 0 atom stereocenters. The maximum absolute atomic E-state index is 4.16. The van der Waals surface area contributed by atoms with E-state index in [0.29, 0.717) is 0 Å². The van der Waals surface area contributed by atoms with Crippen molar-refractivity contribution in [3.63, 3.8) is 0 Å². The Hall–Kier alpha value is -2.23. The molecule has 0 bridgehead atoms. The predicted molar refractivity (Wildman–Crippen MR) is 85.9 cm³/mol. The van der Waals surface area contributed by atoms with Gasteiger partial charge in [0, 0.05) is 49.0 Å². The number of rotatable bonds is 7. The SMILES string of the molecule is C=Cn1cc(CNc2ccc(N(CC)CC)cc2)cn1. The highest BCUT2D eigenvalue weighted by Gasteiger charge is 2.01. The van der Waals surface area contributed by atoms with Gasteiger partial charge in [0.15, 0.2) is 0 Å². The molecular weight excluding hydrogens is 248 g/mol. The molecule has 0 radical (unpaired) electrons. The molecule has 1 N–H and O–H groups in total. The van der Waals surface area contributed by atoms with Crippen LogP contribution in [0.15, 0.2) is 43.2 Å². The predicted octanol–water partition coefficient (Wildman–Crippen LogP) is 3.44. The summed E-state index contributed by atoms with van der Waals surface area (Å²) in [6, 6.07) is 8.54. The lowest BCUT2D eigenvalue weighted by Gasteiger charge is -2.21. The molecule has 0 unspecified atom stereocenters. The van der Waals surface area contributed by atoms with Crippen LogP contribution in [0.2, 0.25) is 0 Å². The quantitative estimate of drug-likeness (QED) is 0.836. The van der Waals surface area contributed by atoms with E-state index < -0.39 is 0 Å². The molecule has 0 fully saturated rings. The average molecular weight is 270 g/mol. The van der Waals surface area contributed by atoms with Gasteiger partial charge in [0.25, 0.3) is 0 Å². The van der Waals surface area contributed by atoms with Crippen LogP contribution >= 0.6 is 0 Å². The third kappa shape index (κ3) is 3.41. The Labute approximate surface area is 120 Å². The fourth-order valence-corrected chi connectivity index (χ4v) is 2.15. The van der Waals surface area contributed by atoms with Crippen LogP contribution in [-0.4, -0.2) is 22.9 Å². The zero-order valence-electron chi connectivity index (χ0n) is 12.2. The Bertz CT molecular complexity index is 538. The van der Waals surface area contributed by atoms with Gasteiger partial charge in [-0.3, -0.25) is 0 Å². The zero-order valence-corrected chi connectivity index (χ0v) is 12.2. The number of hydrogen-bond acceptors (Lipinski definition) is 3. The highest BCUT2D eigenvalue weighted by molar-refractivity contribution is 5.55. The number of aromatic nitrogens is 2. The second-order valence-electron chi connectivity index (χ2n) is 4.58. The topological polar surface area (TPSA) is 33.1 Å². The minimum absolute atomic E-state index is 0.762. The number of anilines is 2. The molecule has 1 heterocycles. The van der Waals surface area contributed by atoms with E-state index in [0.717, 1.165) is 30.9 Å². The first-order valence-electron chi connectivity index (χ1n) is 7.01. The fraction of sp³-hybridized carbons (Fsp3) is 0.312. The van der Waals surface area contributed by atoms with Crippen molar-refractivity contribution in [3.8, 4) is 0 Å². The van der Waals surface area contributed by atoms with E-state index in [1.54, 1.807) is 10.9 Å². The molecule has 1 aromatic heterocycles. The van der Waals surface area contributed by atoms with Gasteiger partial charge in [-0.05, 0) is 38.1 Å². The van der Waals surface area contributed by atoms with E-state index in [4.69, 9.17) is 0 Å². The molecule has 1 aromatic carbocycles. The maximum Gasteiger partial charge on any atom is 0.0543 e. The van der Waals surface area contributed by atoms with Gasteiger partial charge in [0.2, 0.25) is 0 Å². The van der Waals surface area contributed by atoms with Gasteiger partial charge in [0.05, 0.1) is 6.20 Å². The van der Waals surface area contributed by atoms with Crippen LogP contribution in [-0.2, 0) is 6.54 Å². The van der Waals surface area contributed by atoms with Gasteiger partial charge >= 0.3 is 0 Å². The molecule has 4 heteroatoms. The lowest BCUT2D eigenvalue weighted by Crippen LogP contribution is -2.21. The fourth-order valence-electron chi connectivity index (χ4n) is 2.15. The summed E-state index contributed by atoms with van der Waals surface area (Å²) in [5, 5.41) is 7.55. The van der Waals surface area contributed by atoms with Gasteiger partial charge < -0.3 is 10.2 Å². The number of nitrogens with zero attached hydrogens (tertiary/aromatic N) is 3. The second kappa shape index (κ2) is 6.80. The summed E-state index contributed by atoms with van der Waals surface area (Å²) in [5.74, 6) is 0. The first-order chi connectivity index (χ1) is 9.76. The summed E-state index contributed by atoms with van der Waals surface area (Å²) in [4.78, 5) is 2.33. The molecule has 0 saturated heterocycles. The summed E-state index contributed by atoms with van der Waals surface area (Å²) in [5.41, 5.74) is 3.52. The Morgan fingerprint density at radius 1 is 1.25 bits per heavy atom. The first kappa shape index (κ1) is 14.2. The van der Waals surface area contributed by atoms with Crippen molar-refractivity contribution < 1.29 is 0 Å². The minimum atomic E-state index is 0.762. The zero-order chi connectivity index (χ0) is 14.4. The summed E-state index contributed by atoms with van der Waals surface area (Å²) in [6.07, 6.45) is 5.49. The van der Waals surface area contributed by atoms with Crippen LogP contribution < -0.4 is 10.2 Å². The number of hydrogen-bond donors (Lipinski definition) is 1. The Morgan fingerprint density at radius 2 is 1.95 bits per heavy atom. The van der Waals surface area contributed by atoms with Crippen molar-refractivity contribution in [1.29, 1.82) is 0 Å². The van der Waals surface area contributed by atoms with Crippen LogP contribution in [0, 0.1) is 0 Å². The maximum atomic E-state index is 4.16. The molecule has 2 aromatic rings. The molecule has 2 rings (SSSR count). The summed E-state index contributed by atoms with van der Waals surface area (Å²) >= 11 is 0. The van der Waals surface area contributed by atoms with Gasteiger partial charge in [-0.25, -0.2) is 4.68 Å². The van der Waals surface area contributed by atoms with Crippen molar-refractivity contribution in [2.24, 2.45) is 0 Å². The monoisotopic (exact) mass is 270 g/mol. The van der Waals surface area contributed by atoms with E-state index in [-0.39, 0.29) is 0 Å². The molecule has 0 amide bonds. The Morgan fingerprint density at radius 3 is 2.50 bits per heavy atom. The lowest BCUT2D eigenvalue weighted by atomic mass is 10.2. The molecular formula is C16H22N4. The summed E-state index contributed by atoms with van der Waals surface area (Å²) in [7, 11) is 0. The average Bonchev–Trinajstić information content (AvgIpc) is 2.96. The smallest absolute Gasteiger partial charge is 0.0543 e. The molecule has 0 aliphatic carbocycles. The molecule has 4 nitrogen and oxygen atoms in total. The van der Waals surface area contributed by atoms with Crippen molar-refractivity contribution in [2.75, 3.05) is 23.3 Å². The van der Waals surface area contributed by atoms with E-state index >= 15 is 0 Å². The normalized spacial score (nSPS) is 10.3. The highest BCUT2D eigenvalue weighted by atomic mass is 15.2. The van der Waals surface area contributed by atoms with Crippen LogP contribution in [0.1, 0.15) is 19.4 Å². The van der Waals surface area contributed by atoms with Crippen molar-refractivity contribution in [2.45, 2.75) is 20.4 Å². The van der Waals surface area contributed by atoms with Crippen molar-refractivity contribution >= 4 is 17.6 Å². The third-order valence-corrected chi connectivity index (χ3v) is 3.33. The molecule has 0 aliphatic heterocycles. The van der Waals surface area contributed by atoms with Crippen LogP contribution in [0.25, 0.3) is 6.20 Å². The molecule has 0 saturated carbocycles. The minimum Gasteiger partial charge on any atom is -0.381 e. The number of benzene rings is 1. The molecule has 106 valence electrons. The van der Waals surface area contributed by atoms with Crippen molar-refractivity contribution in [3.05, 3.63) is 48.8 Å². The van der Waals surface area contributed by atoms with Gasteiger partial charge in [-0.1, -0.05) is 6.58 Å². The van der Waals surface area contributed by atoms with Gasteiger partial charge in [0.1, 0.15) is 0 Å². The Balaban J connectivity index is 1.95. The van der Waals surface area contributed by atoms with E-state index in [9.17, 15) is 0 Å². The van der Waals surface area contributed by atoms with Gasteiger partial charge in [-0.15, -0.1) is 0 Å². The van der Waals surface area contributed by atoms with E-state index in [1.165, 1.54) is 5.69 Å². The summed E-state index contributed by atoms with van der Waals surface area (Å²) in [6.45, 7) is 10.9. The lowest BCUT2D eigenvalue weighted by molar-refractivity contribution is 0.866. The van der Waals surface area contributed by atoms with Crippen LogP contribution in [0.5, 0.6) is 0 Å². The van der Waals surface area contributed by atoms with E-state index in [1.807, 2.05) is 12.4 Å². The van der Waals surface area contributed by atoms with E-state index in [2.05, 4.69) is 60.0 Å². The second-order valence-corrected chi connectivity index (χ2v) is 4.58. The van der Waals surface area contributed by atoms with Crippen molar-refractivity contribution in [1.82, 2.24) is 9.78 Å². The summed E-state index contributed by atoms with van der Waals surface area (Å²) < 4.78 is 1.71. The third-order valence-electron chi connectivity index (χ3n) is 3.33. The molecule has 20 heavy (non-hydrogen) atoms. The van der Waals surface area contributed by atoms with Gasteiger partial charge in [-0.2, -0.15) is 5.10 Å². The first-order valence-corrected chi connectivity index (χ1v) is 7.01. The number of nitrogens with one attached hydrogen (secondary N) is 1. The standard InChI is InChI=1S/C16H22N4/c1-4-19(5-2)16-9-7-15(8-10-16)17-11-14-12-18-20(6-3)13-14/h6-10,12-13,17H,3-5,11H2,1-2H3. The highest BCUT2D eigenvalue weighted by Crippen LogP contribution is 2.18. The van der Waals surface area contributed by atoms with Crippen LogP contribution in [0.4, 0.5) is 11.4 Å². The molecule has 0 spiro atoms. The Kier molecular flexibility index (Phi) is 4.82. The largest absolute Gasteiger partial charge is 0.381 e.